The first-order valence-corrected chi connectivity index (χ1v) is 10.1. The van der Waals surface area contributed by atoms with Crippen molar-refractivity contribution in [1.29, 1.82) is 0 Å². The van der Waals surface area contributed by atoms with Crippen LogP contribution in [0.1, 0.15) is 11.5 Å². The average Bonchev–Trinajstić information content (AvgIpc) is 2.98. The number of hydrogen-bond acceptors (Lipinski definition) is 4. The summed E-state index contributed by atoms with van der Waals surface area (Å²) in [4.78, 5) is 1.14. The monoisotopic (exact) mass is 384 g/mol. The lowest BCUT2D eigenvalue weighted by molar-refractivity contribution is 0.468. The lowest BCUT2D eigenvalue weighted by Crippen LogP contribution is -2.32. The summed E-state index contributed by atoms with van der Waals surface area (Å²) in [6, 6.07) is 16.8. The van der Waals surface area contributed by atoms with Crippen LogP contribution in [0.25, 0.3) is 0 Å². The third-order valence-corrected chi connectivity index (χ3v) is 7.06. The SMILES string of the molecule is CSc1ccccc1S(=O)(=O)N1C[C@@H](N)[C@H](c2ccccc2)C1.Cl. The third-order valence-electron chi connectivity index (χ3n) is 4.25. The Bertz CT molecular complexity index is 784. The first kappa shape index (κ1) is 19.3. The van der Waals surface area contributed by atoms with E-state index in [-0.39, 0.29) is 24.4 Å². The van der Waals surface area contributed by atoms with Crippen molar-refractivity contribution in [3.8, 4) is 0 Å². The standard InChI is InChI=1S/C17H20N2O2S2.ClH/c1-22-16-9-5-6-10-17(16)23(20,21)19-11-14(15(18)12-19)13-7-3-2-4-8-13;/h2-10,14-15H,11-12,18H2,1H3;1H/t14-,15+;/m0./s1. The van der Waals surface area contributed by atoms with Crippen LogP contribution in [-0.4, -0.2) is 38.1 Å². The molecular formula is C17H21ClN2O2S2. The number of nitrogens with zero attached hydrogens (tertiary/aromatic N) is 1. The Hall–Kier alpha value is -1.05. The molecule has 7 heteroatoms. The predicted molar refractivity (Wildman–Crippen MR) is 101 cm³/mol. The van der Waals surface area contributed by atoms with E-state index < -0.39 is 10.0 Å². The highest BCUT2D eigenvalue weighted by Gasteiger charge is 2.38. The van der Waals surface area contributed by atoms with E-state index in [1.807, 2.05) is 48.7 Å². The maximum absolute atomic E-state index is 13.0. The molecule has 2 atom stereocenters. The fraction of sp³-hybridized carbons (Fsp3) is 0.294. The van der Waals surface area contributed by atoms with E-state index in [0.717, 1.165) is 10.5 Å². The van der Waals surface area contributed by atoms with E-state index in [0.29, 0.717) is 18.0 Å². The predicted octanol–water partition coefficient (Wildman–Crippen LogP) is 2.95. The van der Waals surface area contributed by atoms with Gasteiger partial charge in [0.15, 0.2) is 0 Å². The van der Waals surface area contributed by atoms with Gasteiger partial charge in [-0.05, 0) is 24.0 Å². The second-order valence-corrected chi connectivity index (χ2v) is 8.41. The molecule has 2 N–H and O–H groups in total. The Labute approximate surface area is 153 Å². The highest BCUT2D eigenvalue weighted by molar-refractivity contribution is 7.99. The van der Waals surface area contributed by atoms with Crippen LogP contribution in [0.15, 0.2) is 64.4 Å². The summed E-state index contributed by atoms with van der Waals surface area (Å²) in [5, 5.41) is 0. The number of benzene rings is 2. The lowest BCUT2D eigenvalue weighted by Gasteiger charge is -2.18. The molecule has 1 aliphatic heterocycles. The van der Waals surface area contributed by atoms with E-state index >= 15 is 0 Å². The molecule has 0 saturated carbocycles. The molecule has 2 aromatic carbocycles. The molecule has 0 bridgehead atoms. The number of thioether (sulfide) groups is 1. The van der Waals surface area contributed by atoms with Gasteiger partial charge in [0.1, 0.15) is 0 Å². The Kier molecular flexibility index (Phi) is 6.33. The van der Waals surface area contributed by atoms with Gasteiger partial charge < -0.3 is 5.73 Å². The molecular weight excluding hydrogens is 364 g/mol. The smallest absolute Gasteiger partial charge is 0.244 e. The van der Waals surface area contributed by atoms with Gasteiger partial charge in [-0.2, -0.15) is 4.31 Å². The molecule has 0 spiro atoms. The van der Waals surface area contributed by atoms with Crippen molar-refractivity contribution < 1.29 is 8.42 Å². The Morgan fingerprint density at radius 1 is 1.04 bits per heavy atom. The first-order chi connectivity index (χ1) is 11.0. The molecule has 1 saturated heterocycles. The molecule has 1 heterocycles. The maximum Gasteiger partial charge on any atom is 0.244 e. The molecule has 2 aromatic rings. The molecule has 0 amide bonds. The van der Waals surface area contributed by atoms with Gasteiger partial charge in [-0.15, -0.1) is 24.2 Å². The van der Waals surface area contributed by atoms with Gasteiger partial charge >= 0.3 is 0 Å². The van der Waals surface area contributed by atoms with Crippen molar-refractivity contribution in [1.82, 2.24) is 4.31 Å². The van der Waals surface area contributed by atoms with Crippen LogP contribution < -0.4 is 5.73 Å². The number of hydrogen-bond donors (Lipinski definition) is 1. The molecule has 4 nitrogen and oxygen atoms in total. The largest absolute Gasteiger partial charge is 0.326 e. The van der Waals surface area contributed by atoms with Gasteiger partial charge in [0, 0.05) is 29.9 Å². The molecule has 130 valence electrons. The van der Waals surface area contributed by atoms with E-state index in [1.54, 1.807) is 12.1 Å². The van der Waals surface area contributed by atoms with Gasteiger partial charge in [0.25, 0.3) is 0 Å². The Morgan fingerprint density at radius 2 is 1.67 bits per heavy atom. The lowest BCUT2D eigenvalue weighted by atomic mass is 9.95. The van der Waals surface area contributed by atoms with Gasteiger partial charge in [-0.1, -0.05) is 42.5 Å². The summed E-state index contributed by atoms with van der Waals surface area (Å²) in [6.45, 7) is 0.779. The molecule has 24 heavy (non-hydrogen) atoms. The molecule has 1 aliphatic rings. The summed E-state index contributed by atoms with van der Waals surface area (Å²) in [5.41, 5.74) is 7.33. The topological polar surface area (TPSA) is 63.4 Å². The highest BCUT2D eigenvalue weighted by Crippen LogP contribution is 2.33. The summed E-state index contributed by atoms with van der Waals surface area (Å²) < 4.78 is 27.5. The van der Waals surface area contributed by atoms with Crippen LogP contribution >= 0.6 is 24.2 Å². The molecule has 0 unspecified atom stereocenters. The maximum atomic E-state index is 13.0. The van der Waals surface area contributed by atoms with Crippen molar-refractivity contribution >= 4 is 34.2 Å². The molecule has 0 radical (unpaired) electrons. The summed E-state index contributed by atoms with van der Waals surface area (Å²) >= 11 is 1.44. The number of rotatable bonds is 4. The van der Waals surface area contributed by atoms with Gasteiger partial charge in [0.2, 0.25) is 10.0 Å². The zero-order chi connectivity index (χ0) is 16.4. The minimum absolute atomic E-state index is 0. The second-order valence-electron chi connectivity index (χ2n) is 5.65. The van der Waals surface area contributed by atoms with Crippen molar-refractivity contribution in [2.24, 2.45) is 5.73 Å². The molecule has 0 aliphatic carbocycles. The fourth-order valence-corrected chi connectivity index (χ4v) is 5.64. The van der Waals surface area contributed by atoms with Crippen LogP contribution in [-0.2, 0) is 10.0 Å². The second kappa shape index (κ2) is 7.89. The summed E-state index contributed by atoms with van der Waals surface area (Å²) in [7, 11) is -3.52. The van der Waals surface area contributed by atoms with Crippen molar-refractivity contribution in [3.05, 3.63) is 60.2 Å². The zero-order valence-corrected chi connectivity index (χ0v) is 15.8. The van der Waals surface area contributed by atoms with Crippen LogP contribution in [0, 0.1) is 0 Å². The summed E-state index contributed by atoms with van der Waals surface area (Å²) in [5.74, 6) is 0.0346. The van der Waals surface area contributed by atoms with Gasteiger partial charge in [-0.25, -0.2) is 8.42 Å². The van der Waals surface area contributed by atoms with Crippen LogP contribution in [0.4, 0.5) is 0 Å². The number of halogens is 1. The van der Waals surface area contributed by atoms with Crippen LogP contribution in [0.2, 0.25) is 0 Å². The Balaban J connectivity index is 0.00000208. The molecule has 1 fully saturated rings. The quantitative estimate of drug-likeness (QED) is 0.823. The normalized spacial score (nSPS) is 21.4. The molecule has 0 aromatic heterocycles. The van der Waals surface area contributed by atoms with E-state index in [9.17, 15) is 8.42 Å². The first-order valence-electron chi connectivity index (χ1n) is 7.47. The van der Waals surface area contributed by atoms with E-state index in [4.69, 9.17) is 5.73 Å². The van der Waals surface area contributed by atoms with E-state index in [1.165, 1.54) is 16.1 Å². The van der Waals surface area contributed by atoms with E-state index in [2.05, 4.69) is 0 Å². The summed E-state index contributed by atoms with van der Waals surface area (Å²) in [6.07, 6.45) is 1.89. The zero-order valence-electron chi connectivity index (χ0n) is 13.3. The van der Waals surface area contributed by atoms with Crippen LogP contribution in [0.3, 0.4) is 0 Å². The van der Waals surface area contributed by atoms with Gasteiger partial charge in [-0.3, -0.25) is 0 Å². The third kappa shape index (κ3) is 3.63. The Morgan fingerprint density at radius 3 is 2.33 bits per heavy atom. The number of nitrogens with two attached hydrogens (primary N) is 1. The van der Waals surface area contributed by atoms with Gasteiger partial charge in [0.05, 0.1) is 4.90 Å². The van der Waals surface area contributed by atoms with Crippen molar-refractivity contribution in [2.75, 3.05) is 19.3 Å². The fourth-order valence-electron chi connectivity index (χ4n) is 3.01. The highest BCUT2D eigenvalue weighted by atomic mass is 35.5. The van der Waals surface area contributed by atoms with Crippen molar-refractivity contribution in [3.63, 3.8) is 0 Å². The average molecular weight is 385 g/mol. The minimum Gasteiger partial charge on any atom is -0.326 e. The van der Waals surface area contributed by atoms with Crippen LogP contribution in [0.5, 0.6) is 0 Å². The molecule has 3 rings (SSSR count). The minimum atomic E-state index is -3.52. The van der Waals surface area contributed by atoms with Crippen molar-refractivity contribution in [2.45, 2.75) is 21.8 Å². The number of sulfonamides is 1.